The van der Waals surface area contributed by atoms with Crippen molar-refractivity contribution in [2.45, 2.75) is 26.8 Å². The van der Waals surface area contributed by atoms with Crippen LogP contribution in [0.3, 0.4) is 0 Å². The van der Waals surface area contributed by atoms with Gasteiger partial charge >= 0.3 is 0 Å². The van der Waals surface area contributed by atoms with Gasteiger partial charge in [0.1, 0.15) is 17.1 Å². The molecule has 0 saturated carbocycles. The molecule has 24 heavy (non-hydrogen) atoms. The molecule has 0 atom stereocenters. The van der Waals surface area contributed by atoms with Gasteiger partial charge in [-0.15, -0.1) is 15.3 Å². The summed E-state index contributed by atoms with van der Waals surface area (Å²) in [5, 5.41) is 20.1. The normalized spacial score (nSPS) is 11.1. The van der Waals surface area contributed by atoms with Gasteiger partial charge in [-0.3, -0.25) is 14.9 Å². The molecule has 2 aromatic heterocycles. The van der Waals surface area contributed by atoms with Gasteiger partial charge in [-0.25, -0.2) is 4.68 Å². The highest BCUT2D eigenvalue weighted by Crippen LogP contribution is 2.18. The van der Waals surface area contributed by atoms with E-state index in [9.17, 15) is 9.59 Å². The third kappa shape index (κ3) is 3.62. The molecule has 0 unspecified atom stereocenters. The van der Waals surface area contributed by atoms with Crippen LogP contribution < -0.4 is 10.9 Å². The molecule has 0 spiro atoms. The third-order valence-electron chi connectivity index (χ3n) is 3.22. The number of fused-ring (bicyclic) bond motifs is 1. The molecule has 1 aromatic carbocycles. The van der Waals surface area contributed by atoms with Crippen molar-refractivity contribution >= 4 is 33.3 Å². The van der Waals surface area contributed by atoms with Gasteiger partial charge in [0.15, 0.2) is 0 Å². The average molecular weight is 344 g/mol. The Morgan fingerprint density at radius 3 is 2.83 bits per heavy atom. The molecule has 0 bridgehead atoms. The van der Waals surface area contributed by atoms with Crippen molar-refractivity contribution in [3.05, 3.63) is 39.6 Å². The Labute approximate surface area is 141 Å². The van der Waals surface area contributed by atoms with Gasteiger partial charge in [-0.1, -0.05) is 42.5 Å². The van der Waals surface area contributed by atoms with Crippen LogP contribution in [-0.2, 0) is 17.8 Å². The van der Waals surface area contributed by atoms with E-state index in [1.54, 1.807) is 24.3 Å². The molecule has 0 radical (unpaired) electrons. The number of benzene rings is 1. The summed E-state index contributed by atoms with van der Waals surface area (Å²) in [6.45, 7) is 3.95. The number of hydrogen-bond donors (Lipinski definition) is 1. The maximum absolute atomic E-state index is 12.3. The first kappa shape index (κ1) is 16.2. The largest absolute Gasteiger partial charge is 0.299 e. The van der Waals surface area contributed by atoms with E-state index in [0.717, 1.165) is 16.1 Å². The highest BCUT2D eigenvalue weighted by Gasteiger charge is 2.12. The van der Waals surface area contributed by atoms with Crippen molar-refractivity contribution in [1.82, 2.24) is 25.2 Å². The lowest BCUT2D eigenvalue weighted by Crippen LogP contribution is -2.30. The van der Waals surface area contributed by atoms with E-state index >= 15 is 0 Å². The number of amides is 1. The van der Waals surface area contributed by atoms with Gasteiger partial charge in [-0.2, -0.15) is 0 Å². The molecule has 0 aliphatic heterocycles. The monoisotopic (exact) mass is 344 g/mol. The Bertz CT molecular complexity index is 933. The molecular formula is C15H16N6O2S. The highest BCUT2D eigenvalue weighted by atomic mass is 32.1. The number of carbonyl (C=O) groups excluding carboxylic acids is 1. The second kappa shape index (κ2) is 6.83. The van der Waals surface area contributed by atoms with Crippen LogP contribution in [0.15, 0.2) is 29.1 Å². The standard InChI is InChI=1S/C15H16N6O2S/c1-9(2)7-13-18-19-15(24-13)16-12(22)8-21-14(23)10-5-3-4-6-11(10)17-20-21/h3-6,9H,7-8H2,1-2H3,(H,16,19,22). The number of aromatic nitrogens is 5. The summed E-state index contributed by atoms with van der Waals surface area (Å²) in [4.78, 5) is 24.4. The molecule has 2 heterocycles. The first-order chi connectivity index (χ1) is 11.5. The number of anilines is 1. The lowest BCUT2D eigenvalue weighted by atomic mass is 10.1. The van der Waals surface area contributed by atoms with E-state index in [2.05, 4.69) is 39.7 Å². The summed E-state index contributed by atoms with van der Waals surface area (Å²) in [5.41, 5.74) is 0.148. The topological polar surface area (TPSA) is 103 Å². The minimum absolute atomic E-state index is 0.226. The lowest BCUT2D eigenvalue weighted by Gasteiger charge is -2.04. The fourth-order valence-electron chi connectivity index (χ4n) is 2.16. The minimum Gasteiger partial charge on any atom is -0.299 e. The third-order valence-corrected chi connectivity index (χ3v) is 4.08. The fraction of sp³-hybridized carbons (Fsp3) is 0.333. The van der Waals surface area contributed by atoms with Gasteiger partial charge in [-0.05, 0) is 18.1 Å². The zero-order valence-corrected chi connectivity index (χ0v) is 14.1. The molecule has 1 N–H and O–H groups in total. The van der Waals surface area contributed by atoms with Crippen LogP contribution in [0.5, 0.6) is 0 Å². The summed E-state index contributed by atoms with van der Waals surface area (Å²) in [5.74, 6) is 0.0712. The van der Waals surface area contributed by atoms with Crippen molar-refractivity contribution in [2.24, 2.45) is 5.92 Å². The first-order valence-electron chi connectivity index (χ1n) is 7.47. The lowest BCUT2D eigenvalue weighted by molar-refractivity contribution is -0.117. The van der Waals surface area contributed by atoms with E-state index < -0.39 is 5.91 Å². The van der Waals surface area contributed by atoms with Crippen LogP contribution in [0.4, 0.5) is 5.13 Å². The molecule has 8 nitrogen and oxygen atoms in total. The van der Waals surface area contributed by atoms with E-state index in [1.807, 2.05) is 0 Å². The van der Waals surface area contributed by atoms with E-state index in [4.69, 9.17) is 0 Å². The second-order valence-electron chi connectivity index (χ2n) is 5.72. The highest BCUT2D eigenvalue weighted by molar-refractivity contribution is 7.15. The van der Waals surface area contributed by atoms with Crippen LogP contribution in [0.1, 0.15) is 18.9 Å². The maximum atomic E-state index is 12.3. The molecule has 9 heteroatoms. The second-order valence-corrected chi connectivity index (χ2v) is 6.78. The molecular weight excluding hydrogens is 328 g/mol. The van der Waals surface area contributed by atoms with Gasteiger partial charge in [0, 0.05) is 6.42 Å². The molecule has 1 amide bonds. The SMILES string of the molecule is CC(C)Cc1nnc(NC(=O)Cn2nnc3ccccc3c2=O)s1. The predicted octanol–water partition coefficient (Wildman–Crippen LogP) is 1.48. The Kier molecular flexibility index (Phi) is 4.61. The van der Waals surface area contributed by atoms with Gasteiger partial charge in [0.2, 0.25) is 11.0 Å². The number of nitrogens with zero attached hydrogens (tertiary/aromatic N) is 5. The summed E-state index contributed by atoms with van der Waals surface area (Å²) in [7, 11) is 0. The average Bonchev–Trinajstić information content (AvgIpc) is 2.96. The number of carbonyl (C=O) groups is 1. The van der Waals surface area contributed by atoms with Crippen LogP contribution in [0.25, 0.3) is 10.9 Å². The van der Waals surface area contributed by atoms with Gasteiger partial charge < -0.3 is 0 Å². The smallest absolute Gasteiger partial charge is 0.278 e. The van der Waals surface area contributed by atoms with Crippen LogP contribution >= 0.6 is 11.3 Å². The van der Waals surface area contributed by atoms with Gasteiger partial charge in [0.25, 0.3) is 5.56 Å². The molecule has 3 rings (SSSR count). The summed E-state index contributed by atoms with van der Waals surface area (Å²) < 4.78 is 1.04. The van der Waals surface area contributed by atoms with Crippen molar-refractivity contribution < 1.29 is 4.79 Å². The Morgan fingerprint density at radius 2 is 2.04 bits per heavy atom. The first-order valence-corrected chi connectivity index (χ1v) is 8.29. The molecule has 0 aliphatic rings. The zero-order valence-electron chi connectivity index (χ0n) is 13.3. The Morgan fingerprint density at radius 1 is 1.25 bits per heavy atom. The van der Waals surface area contributed by atoms with Crippen LogP contribution in [0, 0.1) is 5.92 Å². The van der Waals surface area contributed by atoms with E-state index in [-0.39, 0.29) is 12.1 Å². The van der Waals surface area contributed by atoms with Crippen molar-refractivity contribution in [3.8, 4) is 0 Å². The quantitative estimate of drug-likeness (QED) is 0.752. The van der Waals surface area contributed by atoms with Crippen LogP contribution in [-0.4, -0.2) is 31.1 Å². The van der Waals surface area contributed by atoms with Crippen molar-refractivity contribution in [3.63, 3.8) is 0 Å². The number of hydrogen-bond acceptors (Lipinski definition) is 7. The van der Waals surface area contributed by atoms with Crippen LogP contribution in [0.2, 0.25) is 0 Å². The molecule has 0 saturated heterocycles. The maximum Gasteiger partial charge on any atom is 0.278 e. The van der Waals surface area contributed by atoms with Gasteiger partial charge in [0.05, 0.1) is 5.39 Å². The minimum atomic E-state index is -0.395. The molecule has 0 aliphatic carbocycles. The zero-order chi connectivity index (χ0) is 17.1. The van der Waals surface area contributed by atoms with Crippen molar-refractivity contribution in [1.29, 1.82) is 0 Å². The molecule has 124 valence electrons. The molecule has 0 fully saturated rings. The summed E-state index contributed by atoms with van der Waals surface area (Å²) in [6.07, 6.45) is 0.809. The predicted molar refractivity (Wildman–Crippen MR) is 90.9 cm³/mol. The van der Waals surface area contributed by atoms with E-state index in [0.29, 0.717) is 22.0 Å². The molecule has 3 aromatic rings. The fourth-order valence-corrected chi connectivity index (χ4v) is 3.13. The Balaban J connectivity index is 1.72. The van der Waals surface area contributed by atoms with E-state index in [1.165, 1.54) is 11.3 Å². The number of nitrogens with one attached hydrogen (secondary N) is 1. The Hall–Kier alpha value is -2.68. The summed E-state index contributed by atoms with van der Waals surface area (Å²) >= 11 is 1.33. The summed E-state index contributed by atoms with van der Waals surface area (Å²) in [6, 6.07) is 6.88. The van der Waals surface area contributed by atoms with Crippen molar-refractivity contribution in [2.75, 3.05) is 5.32 Å². The number of rotatable bonds is 5.